The van der Waals surface area contributed by atoms with Crippen LogP contribution in [0.25, 0.3) is 0 Å². The first-order valence-corrected chi connectivity index (χ1v) is 10.8. The molecule has 1 saturated heterocycles. The van der Waals surface area contributed by atoms with Gasteiger partial charge in [-0.25, -0.2) is 13.4 Å². The molecule has 0 unspecified atom stereocenters. The van der Waals surface area contributed by atoms with Crippen LogP contribution < -0.4 is 10.1 Å². The molecule has 8 heteroatoms. The lowest BCUT2D eigenvalue weighted by Crippen LogP contribution is -2.35. The summed E-state index contributed by atoms with van der Waals surface area (Å²) in [5.41, 5.74) is 0.783. The summed E-state index contributed by atoms with van der Waals surface area (Å²) >= 11 is 0. The summed E-state index contributed by atoms with van der Waals surface area (Å²) in [4.78, 5) is 16.8. The Hall–Kier alpha value is -2.45. The lowest BCUT2D eigenvalue weighted by Gasteiger charge is -2.26. The van der Waals surface area contributed by atoms with Crippen molar-refractivity contribution in [1.29, 1.82) is 0 Å². The van der Waals surface area contributed by atoms with E-state index >= 15 is 0 Å². The fourth-order valence-electron chi connectivity index (χ4n) is 3.02. The number of anilines is 1. The number of sulfonamides is 1. The van der Waals surface area contributed by atoms with Crippen molar-refractivity contribution in [2.45, 2.75) is 44.1 Å². The van der Waals surface area contributed by atoms with Crippen LogP contribution in [-0.4, -0.2) is 42.8 Å². The second kappa shape index (κ2) is 8.70. The lowest BCUT2D eigenvalue weighted by atomic mass is 10.2. The molecule has 0 spiro atoms. The Morgan fingerprint density at radius 1 is 1.14 bits per heavy atom. The van der Waals surface area contributed by atoms with E-state index in [-0.39, 0.29) is 16.6 Å². The van der Waals surface area contributed by atoms with Crippen LogP contribution in [0.1, 0.15) is 43.5 Å². The van der Waals surface area contributed by atoms with Gasteiger partial charge in [0.15, 0.2) is 0 Å². The van der Waals surface area contributed by atoms with Crippen LogP contribution in [0.4, 0.5) is 5.69 Å². The molecule has 2 aromatic rings. The zero-order chi connectivity index (χ0) is 20.1. The van der Waals surface area contributed by atoms with Crippen LogP contribution in [0.3, 0.4) is 0 Å². The first-order chi connectivity index (χ1) is 13.4. The molecular weight excluding hydrogens is 378 g/mol. The minimum Gasteiger partial charge on any atom is -0.475 e. The zero-order valence-electron chi connectivity index (χ0n) is 16.1. The van der Waals surface area contributed by atoms with Gasteiger partial charge in [-0.2, -0.15) is 4.31 Å². The number of carbonyl (C=O) groups is 1. The molecule has 0 atom stereocenters. The SMILES string of the molecule is CC(C)Oc1ccc(NC(=O)c2cccc(S(=O)(=O)N3CCCCC3)c2)cn1. The third-order valence-electron chi connectivity index (χ3n) is 4.40. The van der Waals surface area contributed by atoms with Gasteiger partial charge in [0.05, 0.1) is 22.9 Å². The Morgan fingerprint density at radius 2 is 1.89 bits per heavy atom. The zero-order valence-corrected chi connectivity index (χ0v) is 16.9. The van der Waals surface area contributed by atoms with Gasteiger partial charge in [0.1, 0.15) is 0 Å². The second-order valence-corrected chi connectivity index (χ2v) is 8.94. The molecule has 150 valence electrons. The Kier molecular flexibility index (Phi) is 6.31. The van der Waals surface area contributed by atoms with Crippen LogP contribution in [0.2, 0.25) is 0 Å². The van der Waals surface area contributed by atoms with E-state index < -0.39 is 15.9 Å². The summed E-state index contributed by atoms with van der Waals surface area (Å²) in [7, 11) is -3.58. The average Bonchev–Trinajstić information content (AvgIpc) is 2.70. The first kappa shape index (κ1) is 20.3. The van der Waals surface area contributed by atoms with E-state index in [1.165, 1.54) is 22.6 Å². The van der Waals surface area contributed by atoms with Crippen molar-refractivity contribution in [2.75, 3.05) is 18.4 Å². The number of hydrogen-bond acceptors (Lipinski definition) is 5. The van der Waals surface area contributed by atoms with E-state index in [0.717, 1.165) is 19.3 Å². The van der Waals surface area contributed by atoms with E-state index in [9.17, 15) is 13.2 Å². The molecule has 1 fully saturated rings. The number of hydrogen-bond donors (Lipinski definition) is 1. The molecule has 1 amide bonds. The third-order valence-corrected chi connectivity index (χ3v) is 6.29. The summed E-state index contributed by atoms with van der Waals surface area (Å²) in [6.45, 7) is 4.86. The number of amides is 1. The first-order valence-electron chi connectivity index (χ1n) is 9.40. The largest absolute Gasteiger partial charge is 0.475 e. The minimum absolute atomic E-state index is 0.0116. The molecule has 1 aromatic carbocycles. The summed E-state index contributed by atoms with van der Waals surface area (Å²) in [5, 5.41) is 2.73. The normalized spacial score (nSPS) is 15.4. The van der Waals surface area contributed by atoms with Crippen LogP contribution in [0.15, 0.2) is 47.5 Å². The number of aromatic nitrogens is 1. The van der Waals surface area contributed by atoms with Gasteiger partial charge in [-0.3, -0.25) is 4.79 Å². The Labute approximate surface area is 165 Å². The molecule has 1 aliphatic heterocycles. The maximum Gasteiger partial charge on any atom is 0.255 e. The molecule has 3 rings (SSSR count). The number of nitrogens with zero attached hydrogens (tertiary/aromatic N) is 2. The number of carbonyl (C=O) groups excluding carboxylic acids is 1. The molecule has 0 saturated carbocycles. The van der Waals surface area contributed by atoms with Crippen molar-refractivity contribution in [3.8, 4) is 5.88 Å². The van der Waals surface area contributed by atoms with Crippen LogP contribution in [0, 0.1) is 0 Å². The van der Waals surface area contributed by atoms with E-state index in [1.807, 2.05) is 13.8 Å². The Balaban J connectivity index is 1.73. The van der Waals surface area contributed by atoms with Crippen molar-refractivity contribution in [3.63, 3.8) is 0 Å². The van der Waals surface area contributed by atoms with Gasteiger partial charge in [-0.05, 0) is 51.0 Å². The highest BCUT2D eigenvalue weighted by Crippen LogP contribution is 2.22. The highest BCUT2D eigenvalue weighted by Gasteiger charge is 2.26. The molecule has 2 heterocycles. The summed E-state index contributed by atoms with van der Waals surface area (Å²) in [5.74, 6) is 0.0812. The average molecular weight is 404 g/mol. The predicted molar refractivity (Wildman–Crippen MR) is 107 cm³/mol. The third kappa shape index (κ3) is 4.88. The van der Waals surface area contributed by atoms with Crippen LogP contribution >= 0.6 is 0 Å². The Bertz CT molecular complexity index is 921. The highest BCUT2D eigenvalue weighted by molar-refractivity contribution is 7.89. The van der Waals surface area contributed by atoms with Crippen LogP contribution in [-0.2, 0) is 10.0 Å². The minimum atomic E-state index is -3.58. The van der Waals surface area contributed by atoms with Gasteiger partial charge in [0.2, 0.25) is 15.9 Å². The number of rotatable bonds is 6. The maximum atomic E-state index is 12.8. The number of pyridine rings is 1. The summed E-state index contributed by atoms with van der Waals surface area (Å²) in [6, 6.07) is 9.49. The standard InChI is InChI=1S/C20H25N3O4S/c1-15(2)27-19-10-9-17(14-21-19)22-20(24)16-7-6-8-18(13-16)28(25,26)23-11-4-3-5-12-23/h6-10,13-15H,3-5,11-12H2,1-2H3,(H,22,24). The molecule has 0 radical (unpaired) electrons. The molecule has 1 aromatic heterocycles. The van der Waals surface area contributed by atoms with Gasteiger partial charge < -0.3 is 10.1 Å². The van der Waals surface area contributed by atoms with E-state index in [0.29, 0.717) is 24.7 Å². The number of ether oxygens (including phenoxy) is 1. The molecule has 0 bridgehead atoms. The van der Waals surface area contributed by atoms with Crippen molar-refractivity contribution in [3.05, 3.63) is 48.2 Å². The van der Waals surface area contributed by atoms with E-state index in [1.54, 1.807) is 24.3 Å². The van der Waals surface area contributed by atoms with Crippen molar-refractivity contribution < 1.29 is 17.9 Å². The molecule has 7 nitrogen and oxygen atoms in total. The summed E-state index contributed by atoms with van der Waals surface area (Å²) < 4.78 is 32.6. The monoisotopic (exact) mass is 403 g/mol. The van der Waals surface area contributed by atoms with E-state index in [2.05, 4.69) is 10.3 Å². The van der Waals surface area contributed by atoms with E-state index in [4.69, 9.17) is 4.74 Å². The highest BCUT2D eigenvalue weighted by atomic mass is 32.2. The molecule has 1 N–H and O–H groups in total. The fraction of sp³-hybridized carbons (Fsp3) is 0.400. The van der Waals surface area contributed by atoms with Gasteiger partial charge >= 0.3 is 0 Å². The second-order valence-electron chi connectivity index (χ2n) is 7.00. The van der Waals surface area contributed by atoms with Gasteiger partial charge in [-0.1, -0.05) is 12.5 Å². The smallest absolute Gasteiger partial charge is 0.255 e. The lowest BCUT2D eigenvalue weighted by molar-refractivity contribution is 0.102. The predicted octanol–water partition coefficient (Wildman–Crippen LogP) is 3.30. The number of piperidine rings is 1. The number of nitrogens with one attached hydrogen (secondary N) is 1. The van der Waals surface area contributed by atoms with Gasteiger partial charge in [0, 0.05) is 24.7 Å². The molecule has 1 aliphatic rings. The van der Waals surface area contributed by atoms with Crippen molar-refractivity contribution >= 4 is 21.6 Å². The number of benzene rings is 1. The molecule has 28 heavy (non-hydrogen) atoms. The molecule has 0 aliphatic carbocycles. The van der Waals surface area contributed by atoms with Crippen molar-refractivity contribution in [2.24, 2.45) is 0 Å². The fourth-order valence-corrected chi connectivity index (χ4v) is 4.58. The Morgan fingerprint density at radius 3 is 2.54 bits per heavy atom. The van der Waals surface area contributed by atoms with Crippen LogP contribution in [0.5, 0.6) is 5.88 Å². The summed E-state index contributed by atoms with van der Waals surface area (Å²) in [6.07, 6.45) is 4.29. The van der Waals surface area contributed by atoms with Gasteiger partial charge in [0.25, 0.3) is 5.91 Å². The van der Waals surface area contributed by atoms with Gasteiger partial charge in [-0.15, -0.1) is 0 Å². The quantitative estimate of drug-likeness (QED) is 0.799. The molecular formula is C20H25N3O4S. The maximum absolute atomic E-state index is 12.8. The van der Waals surface area contributed by atoms with Crippen molar-refractivity contribution in [1.82, 2.24) is 9.29 Å². The topological polar surface area (TPSA) is 88.6 Å².